The van der Waals surface area contributed by atoms with Gasteiger partial charge in [0.2, 0.25) is 0 Å². The highest BCUT2D eigenvalue weighted by atomic mass is 35.5. The van der Waals surface area contributed by atoms with Gasteiger partial charge in [0.05, 0.1) is 0 Å². The summed E-state index contributed by atoms with van der Waals surface area (Å²) in [5, 5.41) is 3.55. The molecule has 4 N–H and O–H groups in total. The highest BCUT2D eigenvalue weighted by Crippen LogP contribution is 2.28. The van der Waals surface area contributed by atoms with E-state index >= 15 is 0 Å². The Bertz CT molecular complexity index is 631. The zero-order valence-electron chi connectivity index (χ0n) is 10.2. The molecule has 19 heavy (non-hydrogen) atoms. The van der Waals surface area contributed by atoms with Gasteiger partial charge >= 0.3 is 0 Å². The number of nitrogen functional groups attached to an aromatic ring is 1. The number of amides is 1. The van der Waals surface area contributed by atoms with E-state index in [-0.39, 0.29) is 5.91 Å². The van der Waals surface area contributed by atoms with Crippen LogP contribution in [0.15, 0.2) is 30.3 Å². The Balaban J connectivity index is 1.87. The van der Waals surface area contributed by atoms with Crippen molar-refractivity contribution in [1.29, 1.82) is 0 Å². The molecular weight excluding hydrogens is 262 g/mol. The van der Waals surface area contributed by atoms with Gasteiger partial charge < -0.3 is 16.0 Å². The lowest BCUT2D eigenvalue weighted by molar-refractivity contribution is 0.0947. The van der Waals surface area contributed by atoms with Crippen molar-refractivity contribution in [1.82, 2.24) is 10.3 Å². The molecule has 0 bridgehead atoms. The Hall–Kier alpha value is -1.94. The first-order valence-electron chi connectivity index (χ1n) is 6.19. The molecule has 0 atom stereocenters. The van der Waals surface area contributed by atoms with Crippen molar-refractivity contribution < 1.29 is 4.79 Å². The number of carbonyl (C=O) groups is 1. The third kappa shape index (κ3) is 2.58. The number of H-pyrrole nitrogens is 1. The molecule has 0 spiro atoms. The van der Waals surface area contributed by atoms with Crippen molar-refractivity contribution in [3.05, 3.63) is 41.0 Å². The second kappa shape index (κ2) is 4.63. The maximum atomic E-state index is 11.9. The Morgan fingerprint density at radius 2 is 2.11 bits per heavy atom. The molecule has 1 aliphatic carbocycles. The minimum atomic E-state index is -0.0747. The van der Waals surface area contributed by atoms with Crippen molar-refractivity contribution in [2.45, 2.75) is 18.9 Å². The predicted molar refractivity (Wildman–Crippen MR) is 76.1 cm³/mol. The molecule has 1 saturated carbocycles. The van der Waals surface area contributed by atoms with E-state index in [9.17, 15) is 4.79 Å². The van der Waals surface area contributed by atoms with Crippen LogP contribution in [0.1, 0.15) is 23.3 Å². The SMILES string of the molecule is Nc1ccc(Cl)cc1-c1ccc(C(=O)NC2CC2)[nH]1. The summed E-state index contributed by atoms with van der Waals surface area (Å²) in [7, 11) is 0. The van der Waals surface area contributed by atoms with E-state index in [1.807, 2.05) is 6.07 Å². The van der Waals surface area contributed by atoms with E-state index in [2.05, 4.69) is 10.3 Å². The van der Waals surface area contributed by atoms with Gasteiger partial charge in [0.15, 0.2) is 0 Å². The van der Waals surface area contributed by atoms with E-state index in [0.29, 0.717) is 22.4 Å². The maximum absolute atomic E-state index is 11.9. The summed E-state index contributed by atoms with van der Waals surface area (Å²) in [6.45, 7) is 0. The van der Waals surface area contributed by atoms with Crippen LogP contribution in [-0.2, 0) is 0 Å². The number of benzene rings is 1. The lowest BCUT2D eigenvalue weighted by Gasteiger charge is -2.04. The van der Waals surface area contributed by atoms with E-state index in [1.54, 1.807) is 24.3 Å². The Morgan fingerprint density at radius 3 is 2.84 bits per heavy atom. The lowest BCUT2D eigenvalue weighted by atomic mass is 10.1. The van der Waals surface area contributed by atoms with Crippen molar-refractivity contribution in [3.63, 3.8) is 0 Å². The normalized spacial score (nSPS) is 14.4. The summed E-state index contributed by atoms with van der Waals surface area (Å²) in [5.41, 5.74) is 8.68. The number of anilines is 1. The van der Waals surface area contributed by atoms with Crippen molar-refractivity contribution in [2.75, 3.05) is 5.73 Å². The number of hydrogen-bond donors (Lipinski definition) is 3. The number of rotatable bonds is 3. The fraction of sp³-hybridized carbons (Fsp3) is 0.214. The molecule has 98 valence electrons. The monoisotopic (exact) mass is 275 g/mol. The first kappa shape index (κ1) is 12.1. The second-order valence-corrected chi connectivity index (χ2v) is 5.20. The van der Waals surface area contributed by atoms with Gasteiger partial charge in [0, 0.05) is 28.0 Å². The van der Waals surface area contributed by atoms with Gasteiger partial charge in [-0.1, -0.05) is 11.6 Å². The van der Waals surface area contributed by atoms with Crippen molar-refractivity contribution in [3.8, 4) is 11.3 Å². The fourth-order valence-electron chi connectivity index (χ4n) is 1.94. The number of nitrogens with one attached hydrogen (secondary N) is 2. The minimum Gasteiger partial charge on any atom is -0.398 e. The quantitative estimate of drug-likeness (QED) is 0.754. The standard InChI is InChI=1S/C14H14ClN3O/c15-8-1-4-11(16)10(7-8)12-5-6-13(18-12)14(19)17-9-2-3-9/h1,4-7,9,18H,2-3,16H2,(H,17,19). The average Bonchev–Trinajstić information content (AvgIpc) is 3.06. The molecule has 1 aliphatic rings. The first-order chi connectivity index (χ1) is 9.13. The van der Waals surface area contributed by atoms with Crippen LogP contribution in [0.4, 0.5) is 5.69 Å². The summed E-state index contributed by atoms with van der Waals surface area (Å²) >= 11 is 5.96. The summed E-state index contributed by atoms with van der Waals surface area (Å²) in [5.74, 6) is -0.0747. The number of aromatic amines is 1. The fourth-order valence-corrected chi connectivity index (χ4v) is 2.11. The van der Waals surface area contributed by atoms with Crippen LogP contribution in [0.5, 0.6) is 0 Å². The highest BCUT2D eigenvalue weighted by Gasteiger charge is 2.24. The molecular formula is C14H14ClN3O. The number of halogens is 1. The van der Waals surface area contributed by atoms with Gasteiger partial charge in [0.25, 0.3) is 5.91 Å². The van der Waals surface area contributed by atoms with Gasteiger partial charge in [-0.25, -0.2) is 0 Å². The first-order valence-corrected chi connectivity index (χ1v) is 6.56. The molecule has 1 fully saturated rings. The lowest BCUT2D eigenvalue weighted by Crippen LogP contribution is -2.25. The molecule has 2 aromatic rings. The molecule has 1 aromatic carbocycles. The van der Waals surface area contributed by atoms with Crippen LogP contribution < -0.4 is 11.1 Å². The molecule has 0 saturated heterocycles. The van der Waals surface area contributed by atoms with Gasteiger partial charge in [-0.2, -0.15) is 0 Å². The van der Waals surface area contributed by atoms with E-state index in [4.69, 9.17) is 17.3 Å². The van der Waals surface area contributed by atoms with E-state index in [1.165, 1.54) is 0 Å². The maximum Gasteiger partial charge on any atom is 0.267 e. The number of carbonyl (C=O) groups excluding carboxylic acids is 1. The summed E-state index contributed by atoms with van der Waals surface area (Å²) in [6, 6.07) is 9.21. The Labute approximate surface area is 116 Å². The minimum absolute atomic E-state index is 0.0747. The van der Waals surface area contributed by atoms with Crippen LogP contribution in [-0.4, -0.2) is 16.9 Å². The summed E-state index contributed by atoms with van der Waals surface area (Å²) in [6.07, 6.45) is 2.14. The van der Waals surface area contributed by atoms with E-state index < -0.39 is 0 Å². The molecule has 0 unspecified atom stereocenters. The largest absolute Gasteiger partial charge is 0.398 e. The van der Waals surface area contributed by atoms with Gasteiger partial charge in [-0.3, -0.25) is 4.79 Å². The number of aromatic nitrogens is 1. The molecule has 4 nitrogen and oxygen atoms in total. The third-order valence-corrected chi connectivity index (χ3v) is 3.38. The Morgan fingerprint density at radius 1 is 1.32 bits per heavy atom. The molecule has 0 radical (unpaired) electrons. The summed E-state index contributed by atoms with van der Waals surface area (Å²) in [4.78, 5) is 15.0. The van der Waals surface area contributed by atoms with Gasteiger partial charge in [0.1, 0.15) is 5.69 Å². The van der Waals surface area contributed by atoms with Gasteiger partial charge in [-0.05, 0) is 43.2 Å². The third-order valence-electron chi connectivity index (χ3n) is 3.15. The smallest absolute Gasteiger partial charge is 0.267 e. The second-order valence-electron chi connectivity index (χ2n) is 4.76. The van der Waals surface area contributed by atoms with Crippen molar-refractivity contribution in [2.24, 2.45) is 0 Å². The molecule has 1 aromatic heterocycles. The van der Waals surface area contributed by atoms with Crippen LogP contribution in [0.25, 0.3) is 11.3 Å². The number of hydrogen-bond acceptors (Lipinski definition) is 2. The topological polar surface area (TPSA) is 70.9 Å². The molecule has 1 heterocycles. The van der Waals surface area contributed by atoms with Crippen LogP contribution in [0, 0.1) is 0 Å². The Kier molecular flexibility index (Phi) is 2.95. The predicted octanol–water partition coefficient (Wildman–Crippen LogP) is 2.81. The van der Waals surface area contributed by atoms with Crippen LogP contribution in [0.2, 0.25) is 5.02 Å². The molecule has 3 rings (SSSR count). The highest BCUT2D eigenvalue weighted by molar-refractivity contribution is 6.31. The molecule has 1 amide bonds. The zero-order chi connectivity index (χ0) is 13.4. The van der Waals surface area contributed by atoms with Crippen LogP contribution >= 0.6 is 11.6 Å². The van der Waals surface area contributed by atoms with Crippen molar-refractivity contribution >= 4 is 23.2 Å². The summed E-state index contributed by atoms with van der Waals surface area (Å²) < 4.78 is 0. The molecule has 0 aliphatic heterocycles. The average molecular weight is 276 g/mol. The number of nitrogens with two attached hydrogens (primary N) is 1. The zero-order valence-corrected chi connectivity index (χ0v) is 11.0. The van der Waals surface area contributed by atoms with E-state index in [0.717, 1.165) is 24.1 Å². The van der Waals surface area contributed by atoms with Gasteiger partial charge in [-0.15, -0.1) is 0 Å². The molecule has 5 heteroatoms. The van der Waals surface area contributed by atoms with Crippen LogP contribution in [0.3, 0.4) is 0 Å².